The molecule has 0 aliphatic carbocycles. The third-order valence-corrected chi connectivity index (χ3v) is 6.48. The van der Waals surface area contributed by atoms with Crippen LogP contribution in [-0.4, -0.2) is 70.5 Å². The molecule has 0 radical (unpaired) electrons. The summed E-state index contributed by atoms with van der Waals surface area (Å²) in [7, 11) is 0. The summed E-state index contributed by atoms with van der Waals surface area (Å²) in [5.74, 6) is 0.284. The second kappa shape index (κ2) is 10.6. The molecule has 0 saturated carbocycles. The van der Waals surface area contributed by atoms with Crippen LogP contribution < -0.4 is 0 Å². The molecular formula is C26H34N4O2. The largest absolute Gasteiger partial charge is 0.508 e. The van der Waals surface area contributed by atoms with E-state index in [4.69, 9.17) is 5.26 Å². The van der Waals surface area contributed by atoms with E-state index in [1.807, 2.05) is 61.2 Å². The van der Waals surface area contributed by atoms with E-state index >= 15 is 0 Å². The molecule has 6 heteroatoms. The van der Waals surface area contributed by atoms with E-state index in [1.54, 1.807) is 6.07 Å². The van der Waals surface area contributed by atoms with Gasteiger partial charge >= 0.3 is 0 Å². The molecule has 0 spiro atoms. The van der Waals surface area contributed by atoms with E-state index < -0.39 is 0 Å². The fraction of sp³-hybridized carbons (Fsp3) is 0.462. The molecule has 0 bridgehead atoms. The van der Waals surface area contributed by atoms with Crippen molar-refractivity contribution in [2.45, 2.75) is 45.8 Å². The minimum absolute atomic E-state index is 0.0440. The van der Waals surface area contributed by atoms with Crippen molar-refractivity contribution in [3.05, 3.63) is 65.2 Å². The minimum atomic E-state index is -0.0543. The van der Waals surface area contributed by atoms with Crippen LogP contribution in [-0.2, 0) is 0 Å². The van der Waals surface area contributed by atoms with E-state index in [9.17, 15) is 9.90 Å². The summed E-state index contributed by atoms with van der Waals surface area (Å²) >= 11 is 0. The van der Waals surface area contributed by atoms with Gasteiger partial charge in [-0.25, -0.2) is 0 Å². The molecule has 170 valence electrons. The molecule has 0 aromatic heterocycles. The van der Waals surface area contributed by atoms with Crippen molar-refractivity contribution in [1.82, 2.24) is 14.7 Å². The molecule has 0 unspecified atom stereocenters. The number of hydrogen-bond donors (Lipinski definition) is 1. The Kier molecular flexibility index (Phi) is 7.89. The molecule has 6 nitrogen and oxygen atoms in total. The highest BCUT2D eigenvalue weighted by atomic mass is 16.3. The normalized spacial score (nSPS) is 20.5. The Morgan fingerprint density at radius 3 is 2.38 bits per heavy atom. The molecule has 3 rings (SSSR count). The minimum Gasteiger partial charge on any atom is -0.508 e. The Hall–Kier alpha value is -2.88. The number of carbonyl (C=O) groups excluding carboxylic acids is 1. The quantitative estimate of drug-likeness (QED) is 0.670. The van der Waals surface area contributed by atoms with Crippen LogP contribution in [0.3, 0.4) is 0 Å². The average Bonchev–Trinajstić information content (AvgIpc) is 2.78. The van der Waals surface area contributed by atoms with Gasteiger partial charge in [0.2, 0.25) is 0 Å². The fourth-order valence-corrected chi connectivity index (χ4v) is 4.67. The summed E-state index contributed by atoms with van der Waals surface area (Å²) in [5.41, 5.74) is 2.78. The number of nitriles is 1. The van der Waals surface area contributed by atoms with Gasteiger partial charge in [0, 0.05) is 43.8 Å². The Labute approximate surface area is 191 Å². The lowest BCUT2D eigenvalue weighted by Crippen LogP contribution is -2.57. The first-order chi connectivity index (χ1) is 15.4. The molecule has 3 atom stereocenters. The van der Waals surface area contributed by atoms with Crippen molar-refractivity contribution in [3.63, 3.8) is 0 Å². The maximum atomic E-state index is 12.7. The van der Waals surface area contributed by atoms with Crippen LogP contribution in [0.1, 0.15) is 55.2 Å². The molecule has 1 saturated heterocycles. The number of hydrogen-bond acceptors (Lipinski definition) is 5. The van der Waals surface area contributed by atoms with Crippen molar-refractivity contribution in [3.8, 4) is 11.8 Å². The Morgan fingerprint density at radius 1 is 1.09 bits per heavy atom. The molecule has 1 fully saturated rings. The third-order valence-electron chi connectivity index (χ3n) is 6.48. The first kappa shape index (κ1) is 23.8. The van der Waals surface area contributed by atoms with Crippen molar-refractivity contribution in [2.24, 2.45) is 0 Å². The van der Waals surface area contributed by atoms with Crippen LogP contribution in [0.2, 0.25) is 0 Å². The second-order valence-corrected chi connectivity index (χ2v) is 8.58. The SMILES string of the molecule is CCN(CC)C(=O)c1ccc([C@H](c2cccc(O)c2)N2C[C@@H](C)N(CC#N)C[C@@H]2C)cc1. The summed E-state index contributed by atoms with van der Waals surface area (Å²) in [5, 5.41) is 19.3. The van der Waals surface area contributed by atoms with Crippen LogP contribution >= 0.6 is 0 Å². The van der Waals surface area contributed by atoms with Crippen molar-refractivity contribution in [2.75, 3.05) is 32.7 Å². The molecule has 1 aliphatic rings. The fourth-order valence-electron chi connectivity index (χ4n) is 4.67. The molecule has 32 heavy (non-hydrogen) atoms. The van der Waals surface area contributed by atoms with Gasteiger partial charge in [0.05, 0.1) is 18.7 Å². The lowest BCUT2D eigenvalue weighted by Gasteiger charge is -2.47. The van der Waals surface area contributed by atoms with Gasteiger partial charge in [-0.1, -0.05) is 24.3 Å². The van der Waals surface area contributed by atoms with Gasteiger partial charge < -0.3 is 10.0 Å². The zero-order valence-corrected chi connectivity index (χ0v) is 19.5. The first-order valence-corrected chi connectivity index (χ1v) is 11.4. The number of phenolic OH excluding ortho intramolecular Hbond substituents is 1. The lowest BCUT2D eigenvalue weighted by molar-refractivity contribution is 0.0314. The van der Waals surface area contributed by atoms with E-state index in [0.717, 1.165) is 24.2 Å². The molecule has 2 aromatic carbocycles. The van der Waals surface area contributed by atoms with Crippen molar-refractivity contribution >= 4 is 5.91 Å². The summed E-state index contributed by atoms with van der Waals surface area (Å²) in [6, 6.07) is 18.0. The summed E-state index contributed by atoms with van der Waals surface area (Å²) in [4.78, 5) is 19.2. The number of aromatic hydroxyl groups is 1. The highest BCUT2D eigenvalue weighted by Gasteiger charge is 2.34. The van der Waals surface area contributed by atoms with E-state index in [2.05, 4.69) is 29.7 Å². The van der Waals surface area contributed by atoms with Crippen LogP contribution in [0.4, 0.5) is 0 Å². The van der Waals surface area contributed by atoms with E-state index in [-0.39, 0.29) is 29.8 Å². The van der Waals surface area contributed by atoms with Gasteiger partial charge in [-0.05, 0) is 63.1 Å². The van der Waals surface area contributed by atoms with E-state index in [1.165, 1.54) is 0 Å². The maximum Gasteiger partial charge on any atom is 0.253 e. The summed E-state index contributed by atoms with van der Waals surface area (Å²) in [6.07, 6.45) is 0. The first-order valence-electron chi connectivity index (χ1n) is 11.4. The Morgan fingerprint density at radius 2 is 1.78 bits per heavy atom. The predicted octanol–water partition coefficient (Wildman–Crippen LogP) is 3.88. The zero-order chi connectivity index (χ0) is 23.3. The Bertz CT molecular complexity index is 949. The van der Waals surface area contributed by atoms with Crippen LogP contribution in [0.25, 0.3) is 0 Å². The standard InChI is InChI=1S/C26H34N4O2/c1-5-28(6-2)26(32)22-12-10-21(11-13-22)25(23-8-7-9-24(31)16-23)30-18-19(3)29(15-14-27)17-20(30)4/h7-13,16,19-20,25,31H,5-6,15,17-18H2,1-4H3/t19-,20+,25-/m1/s1. The summed E-state index contributed by atoms with van der Waals surface area (Å²) in [6.45, 7) is 11.7. The number of piperazine rings is 1. The van der Waals surface area contributed by atoms with Crippen LogP contribution in [0, 0.1) is 11.3 Å². The number of benzene rings is 2. The molecule has 1 heterocycles. The third kappa shape index (κ3) is 5.12. The van der Waals surface area contributed by atoms with Gasteiger partial charge in [0.1, 0.15) is 5.75 Å². The second-order valence-electron chi connectivity index (χ2n) is 8.58. The van der Waals surface area contributed by atoms with Gasteiger partial charge in [-0.15, -0.1) is 0 Å². The zero-order valence-electron chi connectivity index (χ0n) is 19.5. The Balaban J connectivity index is 1.96. The molecular weight excluding hydrogens is 400 g/mol. The molecule has 1 N–H and O–H groups in total. The molecule has 2 aromatic rings. The van der Waals surface area contributed by atoms with Gasteiger partial charge in [0.15, 0.2) is 0 Å². The monoisotopic (exact) mass is 434 g/mol. The number of amides is 1. The van der Waals surface area contributed by atoms with Crippen LogP contribution in [0.15, 0.2) is 48.5 Å². The number of phenols is 1. The van der Waals surface area contributed by atoms with Crippen molar-refractivity contribution < 1.29 is 9.90 Å². The summed E-state index contributed by atoms with van der Waals surface area (Å²) < 4.78 is 0. The lowest BCUT2D eigenvalue weighted by atomic mass is 9.92. The average molecular weight is 435 g/mol. The van der Waals surface area contributed by atoms with Crippen molar-refractivity contribution in [1.29, 1.82) is 5.26 Å². The maximum absolute atomic E-state index is 12.7. The predicted molar refractivity (Wildman–Crippen MR) is 126 cm³/mol. The van der Waals surface area contributed by atoms with Gasteiger partial charge in [0.25, 0.3) is 5.91 Å². The van der Waals surface area contributed by atoms with Gasteiger partial charge in [-0.2, -0.15) is 5.26 Å². The molecule has 1 aliphatic heterocycles. The van der Waals surface area contributed by atoms with Gasteiger partial charge in [-0.3, -0.25) is 14.6 Å². The number of carbonyl (C=O) groups is 1. The smallest absolute Gasteiger partial charge is 0.253 e. The number of rotatable bonds is 7. The highest BCUT2D eigenvalue weighted by Crippen LogP contribution is 2.34. The van der Waals surface area contributed by atoms with E-state index in [0.29, 0.717) is 25.2 Å². The molecule has 1 amide bonds. The topological polar surface area (TPSA) is 70.8 Å². The highest BCUT2D eigenvalue weighted by molar-refractivity contribution is 5.94. The number of nitrogens with zero attached hydrogens (tertiary/aromatic N) is 4. The van der Waals surface area contributed by atoms with Crippen LogP contribution in [0.5, 0.6) is 5.75 Å².